The number of aryl methyl sites for hydroxylation is 1. The number of benzene rings is 1. The first-order chi connectivity index (χ1) is 11.8. The number of nitrogens with one attached hydrogen (secondary N) is 1. The Morgan fingerprint density at radius 1 is 1.29 bits per heavy atom. The maximum atomic E-state index is 5.32. The van der Waals surface area contributed by atoms with E-state index in [0.29, 0.717) is 30.6 Å². The van der Waals surface area contributed by atoms with Crippen molar-refractivity contribution in [1.29, 1.82) is 0 Å². The van der Waals surface area contributed by atoms with E-state index in [1.165, 1.54) is 23.1 Å². The predicted octanol–water partition coefficient (Wildman–Crippen LogP) is 3.25. The fourth-order valence-electron chi connectivity index (χ4n) is 1.97. The van der Waals surface area contributed by atoms with E-state index in [-0.39, 0.29) is 0 Å². The molecule has 0 bridgehead atoms. The average Bonchev–Trinajstić information content (AvgIpc) is 3.23. The highest BCUT2D eigenvalue weighted by Crippen LogP contribution is 2.28. The summed E-state index contributed by atoms with van der Waals surface area (Å²) in [5.74, 6) is 1.75. The smallest absolute Gasteiger partial charge is 0.237 e. The van der Waals surface area contributed by atoms with E-state index in [9.17, 15) is 0 Å². The van der Waals surface area contributed by atoms with Crippen LogP contribution in [0.25, 0.3) is 11.4 Å². The van der Waals surface area contributed by atoms with Crippen molar-refractivity contribution in [2.45, 2.75) is 17.0 Å². The molecule has 0 spiro atoms. The lowest BCUT2D eigenvalue weighted by atomic mass is 10.1. The molecule has 9 heteroatoms. The fraction of sp³-hybridized carbons (Fsp3) is 0.333. The topological polar surface area (TPSA) is 86.0 Å². The van der Waals surface area contributed by atoms with Crippen molar-refractivity contribution in [1.82, 2.24) is 20.3 Å². The van der Waals surface area contributed by atoms with Crippen LogP contribution in [-0.2, 0) is 10.5 Å². The lowest BCUT2D eigenvalue weighted by molar-refractivity contribution is 0.211. The van der Waals surface area contributed by atoms with Gasteiger partial charge in [0.25, 0.3) is 0 Å². The third-order valence-electron chi connectivity index (χ3n) is 3.16. The van der Waals surface area contributed by atoms with Gasteiger partial charge in [-0.15, -0.1) is 10.2 Å². The van der Waals surface area contributed by atoms with Gasteiger partial charge in [0.1, 0.15) is 0 Å². The molecular weight excluding hydrogens is 346 g/mol. The zero-order valence-corrected chi connectivity index (χ0v) is 15.0. The van der Waals surface area contributed by atoms with E-state index < -0.39 is 0 Å². The van der Waals surface area contributed by atoms with Gasteiger partial charge >= 0.3 is 0 Å². The van der Waals surface area contributed by atoms with Gasteiger partial charge in [0, 0.05) is 19.2 Å². The highest BCUT2D eigenvalue weighted by Gasteiger charge is 2.12. The van der Waals surface area contributed by atoms with Crippen LogP contribution < -0.4 is 5.32 Å². The van der Waals surface area contributed by atoms with Gasteiger partial charge in [-0.25, -0.2) is 0 Å². The number of aromatic nitrogens is 4. The summed E-state index contributed by atoms with van der Waals surface area (Å²) in [4.78, 5) is 4.45. The van der Waals surface area contributed by atoms with Crippen LogP contribution >= 0.6 is 23.1 Å². The minimum absolute atomic E-state index is 0.561. The zero-order valence-electron chi connectivity index (χ0n) is 13.4. The molecule has 0 saturated heterocycles. The van der Waals surface area contributed by atoms with Gasteiger partial charge in [0.05, 0.1) is 12.4 Å². The molecular formula is C15H17N5O2S2. The van der Waals surface area contributed by atoms with Gasteiger partial charge in [-0.05, 0) is 12.5 Å². The molecule has 1 N–H and O–H groups in total. The van der Waals surface area contributed by atoms with E-state index in [2.05, 4.69) is 25.7 Å². The van der Waals surface area contributed by atoms with E-state index >= 15 is 0 Å². The van der Waals surface area contributed by atoms with Gasteiger partial charge in [-0.3, -0.25) is 0 Å². The third-order valence-corrected chi connectivity index (χ3v) is 5.16. The minimum atomic E-state index is 0.561. The largest absolute Gasteiger partial charge is 0.383 e. The molecule has 0 fully saturated rings. The maximum Gasteiger partial charge on any atom is 0.237 e. The van der Waals surface area contributed by atoms with E-state index in [4.69, 9.17) is 9.26 Å². The monoisotopic (exact) mass is 363 g/mol. The number of methoxy groups -OCH3 is 1. The van der Waals surface area contributed by atoms with Crippen LogP contribution in [0, 0.1) is 6.92 Å². The molecule has 3 rings (SSSR count). The molecule has 24 heavy (non-hydrogen) atoms. The van der Waals surface area contributed by atoms with E-state index in [1.807, 2.05) is 31.2 Å². The summed E-state index contributed by atoms with van der Waals surface area (Å²) in [6.45, 7) is 3.37. The maximum absolute atomic E-state index is 5.32. The molecule has 0 unspecified atom stereocenters. The second kappa shape index (κ2) is 8.22. The molecule has 2 aromatic heterocycles. The minimum Gasteiger partial charge on any atom is -0.383 e. The van der Waals surface area contributed by atoms with Crippen molar-refractivity contribution in [2.24, 2.45) is 0 Å². The van der Waals surface area contributed by atoms with Crippen molar-refractivity contribution in [3.8, 4) is 11.4 Å². The lowest BCUT2D eigenvalue weighted by Gasteiger charge is -1.98. The SMILES string of the molecule is COCCNc1nnc(SCc2nc(-c3ccccc3C)no2)s1. The van der Waals surface area contributed by atoms with Gasteiger partial charge in [-0.2, -0.15) is 4.98 Å². The Labute approximate surface area is 147 Å². The Balaban J connectivity index is 1.57. The number of rotatable bonds is 8. The molecule has 2 heterocycles. The van der Waals surface area contributed by atoms with Crippen molar-refractivity contribution in [3.63, 3.8) is 0 Å². The summed E-state index contributed by atoms with van der Waals surface area (Å²) < 4.78 is 11.2. The fourth-order valence-corrected chi connectivity index (χ4v) is 3.58. The first kappa shape index (κ1) is 16.9. The molecule has 1 aromatic carbocycles. The van der Waals surface area contributed by atoms with Crippen LogP contribution in [0.1, 0.15) is 11.5 Å². The van der Waals surface area contributed by atoms with Crippen molar-refractivity contribution >= 4 is 28.2 Å². The molecule has 0 atom stereocenters. The van der Waals surface area contributed by atoms with E-state index in [0.717, 1.165) is 20.6 Å². The number of nitrogens with zero attached hydrogens (tertiary/aromatic N) is 4. The molecule has 0 aliphatic carbocycles. The number of hydrogen-bond acceptors (Lipinski definition) is 9. The molecule has 0 aliphatic rings. The van der Waals surface area contributed by atoms with Gasteiger partial charge in [-0.1, -0.05) is 52.5 Å². The summed E-state index contributed by atoms with van der Waals surface area (Å²) in [5, 5.41) is 16.2. The highest BCUT2D eigenvalue weighted by molar-refractivity contribution is 8.00. The first-order valence-corrected chi connectivity index (χ1v) is 9.14. The van der Waals surface area contributed by atoms with Crippen LogP contribution in [0.15, 0.2) is 33.1 Å². The van der Waals surface area contributed by atoms with Gasteiger partial charge < -0.3 is 14.6 Å². The van der Waals surface area contributed by atoms with Crippen LogP contribution in [0.2, 0.25) is 0 Å². The lowest BCUT2D eigenvalue weighted by Crippen LogP contribution is -2.06. The van der Waals surface area contributed by atoms with Gasteiger partial charge in [0.15, 0.2) is 4.34 Å². The molecule has 7 nitrogen and oxygen atoms in total. The van der Waals surface area contributed by atoms with Crippen molar-refractivity contribution in [3.05, 3.63) is 35.7 Å². The summed E-state index contributed by atoms with van der Waals surface area (Å²) in [6, 6.07) is 7.97. The molecule has 0 radical (unpaired) electrons. The Bertz CT molecular complexity index is 790. The van der Waals surface area contributed by atoms with Gasteiger partial charge in [0.2, 0.25) is 16.8 Å². The first-order valence-electron chi connectivity index (χ1n) is 7.34. The Hall–Kier alpha value is -1.97. The standard InChI is InChI=1S/C15H17N5O2S2/c1-10-5-3-4-6-11(10)13-17-12(22-20-13)9-23-15-19-18-14(24-15)16-7-8-21-2/h3-6H,7-9H2,1-2H3,(H,16,18). The number of thioether (sulfide) groups is 1. The third kappa shape index (κ3) is 4.31. The highest BCUT2D eigenvalue weighted by atomic mass is 32.2. The Kier molecular flexibility index (Phi) is 5.78. The van der Waals surface area contributed by atoms with Crippen LogP contribution in [0.4, 0.5) is 5.13 Å². The molecule has 0 amide bonds. The van der Waals surface area contributed by atoms with Crippen LogP contribution in [0.3, 0.4) is 0 Å². The average molecular weight is 363 g/mol. The Morgan fingerprint density at radius 2 is 2.17 bits per heavy atom. The van der Waals surface area contributed by atoms with Crippen LogP contribution in [0.5, 0.6) is 0 Å². The number of ether oxygens (including phenoxy) is 1. The summed E-state index contributed by atoms with van der Waals surface area (Å²) >= 11 is 3.02. The molecule has 0 aliphatic heterocycles. The predicted molar refractivity (Wildman–Crippen MR) is 94.3 cm³/mol. The Morgan fingerprint density at radius 3 is 3.00 bits per heavy atom. The molecule has 0 saturated carbocycles. The second-order valence-corrected chi connectivity index (χ2v) is 7.11. The zero-order chi connectivity index (χ0) is 16.8. The van der Waals surface area contributed by atoms with E-state index in [1.54, 1.807) is 7.11 Å². The van der Waals surface area contributed by atoms with Crippen LogP contribution in [-0.4, -0.2) is 40.6 Å². The van der Waals surface area contributed by atoms with Crippen molar-refractivity contribution in [2.75, 3.05) is 25.6 Å². The van der Waals surface area contributed by atoms with Crippen molar-refractivity contribution < 1.29 is 9.26 Å². The summed E-state index contributed by atoms with van der Waals surface area (Å²) in [7, 11) is 1.67. The summed E-state index contributed by atoms with van der Waals surface area (Å²) in [6.07, 6.45) is 0. The number of hydrogen-bond donors (Lipinski definition) is 1. The second-order valence-electron chi connectivity index (χ2n) is 4.91. The normalized spacial score (nSPS) is 10.9. The molecule has 126 valence electrons. The quantitative estimate of drug-likeness (QED) is 0.482. The number of anilines is 1. The molecule has 3 aromatic rings. The summed E-state index contributed by atoms with van der Waals surface area (Å²) in [5.41, 5.74) is 2.10.